The topological polar surface area (TPSA) is 113 Å². The van der Waals surface area contributed by atoms with Gasteiger partial charge in [-0.3, -0.25) is 9.36 Å². The summed E-state index contributed by atoms with van der Waals surface area (Å²) < 4.78 is 10.5. The minimum absolute atomic E-state index is 0.0380. The van der Waals surface area contributed by atoms with Gasteiger partial charge in [0.2, 0.25) is 5.91 Å². The second kappa shape index (κ2) is 9.59. The molecule has 0 saturated carbocycles. The van der Waals surface area contributed by atoms with Crippen molar-refractivity contribution in [1.82, 2.24) is 5.32 Å². The van der Waals surface area contributed by atoms with E-state index in [1.54, 1.807) is 0 Å². The normalized spacial score (nSPS) is 11.5. The molecule has 6 nitrogen and oxygen atoms in total. The Bertz CT molecular complexity index is 255. The zero-order valence-corrected chi connectivity index (χ0v) is 11.0. The third-order valence-electron chi connectivity index (χ3n) is 2.33. The molecular formula is C10H23N2O4P. The van der Waals surface area contributed by atoms with E-state index in [0.29, 0.717) is 13.0 Å². The highest BCUT2D eigenvalue weighted by Crippen LogP contribution is 2.32. The van der Waals surface area contributed by atoms with E-state index >= 15 is 0 Å². The fraction of sp³-hybridized carbons (Fsp3) is 0.900. The SMILES string of the molecule is NCCCCCCCC(=O)NCCP(=O)(O)O. The number of carbonyl (C=O) groups is 1. The summed E-state index contributed by atoms with van der Waals surface area (Å²) in [5.41, 5.74) is 5.35. The molecule has 5 N–H and O–H groups in total. The molecule has 0 fully saturated rings. The molecule has 0 rings (SSSR count). The number of unbranched alkanes of at least 4 members (excludes halogenated alkanes) is 4. The van der Waals surface area contributed by atoms with Gasteiger partial charge >= 0.3 is 7.60 Å². The van der Waals surface area contributed by atoms with Crippen LogP contribution in [0.15, 0.2) is 0 Å². The Hall–Kier alpha value is -0.420. The van der Waals surface area contributed by atoms with Gasteiger partial charge < -0.3 is 20.8 Å². The third kappa shape index (κ3) is 13.5. The first-order chi connectivity index (χ1) is 7.95. The summed E-state index contributed by atoms with van der Waals surface area (Å²) in [5, 5.41) is 2.49. The predicted octanol–water partition coefficient (Wildman–Crippen LogP) is 0.580. The molecule has 0 aromatic heterocycles. The van der Waals surface area contributed by atoms with Crippen LogP contribution in [0, 0.1) is 0 Å². The third-order valence-corrected chi connectivity index (χ3v) is 3.14. The maximum absolute atomic E-state index is 11.2. The second-order valence-corrected chi connectivity index (χ2v) is 5.82. The van der Waals surface area contributed by atoms with E-state index in [4.69, 9.17) is 15.5 Å². The van der Waals surface area contributed by atoms with Crippen molar-refractivity contribution in [2.45, 2.75) is 38.5 Å². The maximum atomic E-state index is 11.2. The van der Waals surface area contributed by atoms with Gasteiger partial charge in [0.05, 0.1) is 6.16 Å². The smallest absolute Gasteiger partial charge is 0.327 e. The predicted molar refractivity (Wildman–Crippen MR) is 66.7 cm³/mol. The lowest BCUT2D eigenvalue weighted by molar-refractivity contribution is -0.121. The van der Waals surface area contributed by atoms with Crippen LogP contribution in [0.1, 0.15) is 38.5 Å². The zero-order chi connectivity index (χ0) is 13.1. The highest BCUT2D eigenvalue weighted by Gasteiger charge is 2.12. The number of hydrogen-bond donors (Lipinski definition) is 4. The number of rotatable bonds is 10. The number of amides is 1. The van der Waals surface area contributed by atoms with Gasteiger partial charge in [-0.15, -0.1) is 0 Å². The average Bonchev–Trinajstić information content (AvgIpc) is 2.21. The number of hydrogen-bond acceptors (Lipinski definition) is 3. The van der Waals surface area contributed by atoms with Gasteiger partial charge in [0.1, 0.15) is 0 Å². The molecule has 0 bridgehead atoms. The van der Waals surface area contributed by atoms with E-state index in [1.807, 2.05) is 0 Å². The molecule has 0 aromatic rings. The van der Waals surface area contributed by atoms with Crippen molar-refractivity contribution in [2.24, 2.45) is 5.73 Å². The summed E-state index contributed by atoms with van der Waals surface area (Å²) in [6.07, 6.45) is 5.12. The second-order valence-electron chi connectivity index (χ2n) is 4.04. The standard InChI is InChI=1S/C10H23N2O4P/c11-7-5-3-1-2-4-6-10(13)12-8-9-17(14,15)16/h1-9,11H2,(H,12,13)(H2,14,15,16). The molecule has 0 atom stereocenters. The maximum Gasteiger partial charge on any atom is 0.327 e. The van der Waals surface area contributed by atoms with Crippen molar-refractivity contribution in [3.05, 3.63) is 0 Å². The van der Waals surface area contributed by atoms with Crippen LogP contribution in [0.5, 0.6) is 0 Å². The highest BCUT2D eigenvalue weighted by molar-refractivity contribution is 7.51. The van der Waals surface area contributed by atoms with E-state index in [2.05, 4.69) is 5.32 Å². The molecule has 0 spiro atoms. The van der Waals surface area contributed by atoms with Crippen molar-refractivity contribution in [1.29, 1.82) is 0 Å². The molecule has 1 amide bonds. The molecule has 0 radical (unpaired) electrons. The van der Waals surface area contributed by atoms with E-state index in [0.717, 1.165) is 32.1 Å². The lowest BCUT2D eigenvalue weighted by atomic mass is 10.1. The van der Waals surface area contributed by atoms with Gasteiger partial charge in [-0.2, -0.15) is 0 Å². The Kier molecular flexibility index (Phi) is 9.36. The fourth-order valence-corrected chi connectivity index (χ4v) is 1.79. The van der Waals surface area contributed by atoms with Gasteiger partial charge in [0.25, 0.3) is 0 Å². The van der Waals surface area contributed by atoms with Gasteiger partial charge in [0, 0.05) is 13.0 Å². The minimum Gasteiger partial charge on any atom is -0.355 e. The molecule has 7 heteroatoms. The van der Waals surface area contributed by atoms with Crippen LogP contribution >= 0.6 is 7.60 Å². The summed E-state index contributed by atoms with van der Waals surface area (Å²) in [6.45, 7) is 0.749. The first-order valence-corrected chi connectivity index (χ1v) is 7.77. The lowest BCUT2D eigenvalue weighted by Crippen LogP contribution is -2.26. The Morgan fingerprint density at radius 1 is 1.12 bits per heavy atom. The average molecular weight is 266 g/mol. The van der Waals surface area contributed by atoms with Crippen LogP contribution in [0.4, 0.5) is 0 Å². The summed E-state index contributed by atoms with van der Waals surface area (Å²) in [6, 6.07) is 0. The van der Waals surface area contributed by atoms with Crippen LogP contribution in [-0.4, -0.2) is 34.9 Å². The molecule has 17 heavy (non-hydrogen) atoms. The summed E-state index contributed by atoms with van der Waals surface area (Å²) in [5.74, 6) is -0.141. The summed E-state index contributed by atoms with van der Waals surface area (Å²) in [4.78, 5) is 28.4. The molecule has 0 aliphatic heterocycles. The quantitative estimate of drug-likeness (QED) is 0.341. The molecular weight excluding hydrogens is 243 g/mol. The molecule has 0 heterocycles. The van der Waals surface area contributed by atoms with Gasteiger partial charge in [-0.25, -0.2) is 0 Å². The minimum atomic E-state index is -3.99. The molecule has 0 aliphatic carbocycles. The molecule has 102 valence electrons. The largest absolute Gasteiger partial charge is 0.355 e. The first-order valence-electron chi connectivity index (χ1n) is 5.97. The van der Waals surface area contributed by atoms with E-state index in [1.165, 1.54) is 0 Å². The lowest BCUT2D eigenvalue weighted by Gasteiger charge is -2.06. The van der Waals surface area contributed by atoms with Gasteiger partial charge in [-0.1, -0.05) is 19.3 Å². The summed E-state index contributed by atoms with van der Waals surface area (Å²) >= 11 is 0. The van der Waals surface area contributed by atoms with Crippen molar-refractivity contribution < 1.29 is 19.1 Å². The van der Waals surface area contributed by atoms with Crippen LogP contribution in [0.3, 0.4) is 0 Å². The van der Waals surface area contributed by atoms with Crippen LogP contribution in [0.25, 0.3) is 0 Å². The Morgan fingerprint density at radius 2 is 1.71 bits per heavy atom. The first kappa shape index (κ1) is 16.6. The summed E-state index contributed by atoms with van der Waals surface area (Å²) in [7, 11) is -3.99. The van der Waals surface area contributed by atoms with Crippen LogP contribution in [-0.2, 0) is 9.36 Å². The van der Waals surface area contributed by atoms with Crippen molar-refractivity contribution in [2.75, 3.05) is 19.3 Å². The van der Waals surface area contributed by atoms with E-state index < -0.39 is 7.60 Å². The number of nitrogens with two attached hydrogens (primary N) is 1. The van der Waals surface area contributed by atoms with Crippen LogP contribution < -0.4 is 11.1 Å². The van der Waals surface area contributed by atoms with Gasteiger partial charge in [-0.05, 0) is 19.4 Å². The molecule has 0 aromatic carbocycles. The number of carbonyl (C=O) groups excluding carboxylic acids is 1. The van der Waals surface area contributed by atoms with Crippen LogP contribution in [0.2, 0.25) is 0 Å². The van der Waals surface area contributed by atoms with Crippen molar-refractivity contribution >= 4 is 13.5 Å². The fourth-order valence-electron chi connectivity index (χ4n) is 1.39. The highest BCUT2D eigenvalue weighted by atomic mass is 31.2. The van der Waals surface area contributed by atoms with Crippen molar-refractivity contribution in [3.8, 4) is 0 Å². The van der Waals surface area contributed by atoms with E-state index in [-0.39, 0.29) is 18.6 Å². The Labute approximate surface area is 102 Å². The monoisotopic (exact) mass is 266 g/mol. The Morgan fingerprint density at radius 3 is 2.29 bits per heavy atom. The Balaban J connectivity index is 3.32. The molecule has 0 saturated heterocycles. The number of nitrogens with one attached hydrogen (secondary N) is 1. The van der Waals surface area contributed by atoms with Gasteiger partial charge in [0.15, 0.2) is 0 Å². The zero-order valence-electron chi connectivity index (χ0n) is 10.1. The van der Waals surface area contributed by atoms with E-state index in [9.17, 15) is 9.36 Å². The van der Waals surface area contributed by atoms with Crippen molar-refractivity contribution in [3.63, 3.8) is 0 Å². The molecule has 0 aliphatic rings. The molecule has 0 unspecified atom stereocenters.